The van der Waals surface area contributed by atoms with E-state index >= 15 is 0 Å². The van der Waals surface area contributed by atoms with Crippen LogP contribution in [0.15, 0.2) is 53.0 Å². The van der Waals surface area contributed by atoms with Crippen LogP contribution >= 0.6 is 15.9 Å². The number of halogens is 1. The van der Waals surface area contributed by atoms with Crippen LogP contribution in [0.2, 0.25) is 0 Å². The van der Waals surface area contributed by atoms with Gasteiger partial charge in [-0.3, -0.25) is 0 Å². The van der Waals surface area contributed by atoms with Crippen LogP contribution in [0.25, 0.3) is 0 Å². The van der Waals surface area contributed by atoms with Crippen molar-refractivity contribution in [2.45, 2.75) is 31.3 Å². The quantitative estimate of drug-likeness (QED) is 0.890. The average Bonchev–Trinajstić information content (AvgIpc) is 2.40. The summed E-state index contributed by atoms with van der Waals surface area (Å²) < 4.78 is 1.12. The normalized spacial score (nSPS) is 22.0. The molecular formula is C17H17BrO. The van der Waals surface area contributed by atoms with E-state index in [0.717, 1.165) is 30.2 Å². The van der Waals surface area contributed by atoms with Gasteiger partial charge in [-0.15, -0.1) is 0 Å². The molecule has 0 heterocycles. The molecule has 1 N–H and O–H groups in total. The van der Waals surface area contributed by atoms with E-state index in [0.29, 0.717) is 0 Å². The third-order valence-corrected chi connectivity index (χ3v) is 4.42. The maximum atomic E-state index is 10.8. The van der Waals surface area contributed by atoms with Gasteiger partial charge in [0.2, 0.25) is 0 Å². The van der Waals surface area contributed by atoms with E-state index in [1.54, 1.807) is 0 Å². The van der Waals surface area contributed by atoms with Crippen LogP contribution in [-0.4, -0.2) is 10.7 Å². The first-order valence-corrected chi connectivity index (χ1v) is 7.48. The summed E-state index contributed by atoms with van der Waals surface area (Å²) in [5.41, 5.74) is 3.27. The van der Waals surface area contributed by atoms with Crippen molar-refractivity contribution in [1.82, 2.24) is 0 Å². The molecule has 0 spiro atoms. The molecule has 0 aliphatic heterocycles. The van der Waals surface area contributed by atoms with Crippen molar-refractivity contribution < 1.29 is 5.11 Å². The number of hydrogen-bond donors (Lipinski definition) is 1. The minimum atomic E-state index is -0.595. The topological polar surface area (TPSA) is 20.2 Å². The average molecular weight is 317 g/mol. The zero-order valence-corrected chi connectivity index (χ0v) is 12.4. The fourth-order valence-electron chi connectivity index (χ4n) is 2.94. The van der Waals surface area contributed by atoms with Crippen molar-refractivity contribution in [3.05, 3.63) is 69.7 Å². The van der Waals surface area contributed by atoms with Crippen LogP contribution in [0.3, 0.4) is 0 Å². The Morgan fingerprint density at radius 2 is 1.84 bits per heavy atom. The van der Waals surface area contributed by atoms with Crippen LogP contribution in [0, 0.1) is 0 Å². The zero-order chi connectivity index (χ0) is 13.3. The minimum absolute atomic E-state index is 0.595. The van der Waals surface area contributed by atoms with Crippen molar-refractivity contribution in [3.63, 3.8) is 0 Å². The molecule has 0 saturated heterocycles. The zero-order valence-electron chi connectivity index (χ0n) is 10.8. The van der Waals surface area contributed by atoms with Crippen LogP contribution in [-0.2, 0) is 19.3 Å². The van der Waals surface area contributed by atoms with E-state index in [1.165, 1.54) is 16.7 Å². The summed E-state index contributed by atoms with van der Waals surface area (Å²) in [6.07, 6.45) is 3.29. The number of aliphatic hydroxyl groups is 1. The van der Waals surface area contributed by atoms with E-state index in [-0.39, 0.29) is 0 Å². The second-order valence-corrected chi connectivity index (χ2v) is 6.39. The fraction of sp³-hybridized carbons (Fsp3) is 0.294. The molecule has 2 aromatic carbocycles. The molecule has 1 atom stereocenters. The second-order valence-electron chi connectivity index (χ2n) is 5.48. The Morgan fingerprint density at radius 1 is 1.05 bits per heavy atom. The van der Waals surface area contributed by atoms with Crippen LogP contribution in [0.1, 0.15) is 23.1 Å². The van der Waals surface area contributed by atoms with Gasteiger partial charge in [0.1, 0.15) is 0 Å². The summed E-state index contributed by atoms with van der Waals surface area (Å²) in [6, 6.07) is 16.6. The second kappa shape index (κ2) is 5.10. The first-order chi connectivity index (χ1) is 9.15. The molecule has 19 heavy (non-hydrogen) atoms. The van der Waals surface area contributed by atoms with Crippen molar-refractivity contribution in [2.24, 2.45) is 0 Å². The van der Waals surface area contributed by atoms with Gasteiger partial charge in [0.05, 0.1) is 5.60 Å². The Bertz CT molecular complexity index is 579. The Labute approximate surface area is 122 Å². The summed E-state index contributed by atoms with van der Waals surface area (Å²) in [5.74, 6) is 0. The van der Waals surface area contributed by atoms with E-state index in [9.17, 15) is 5.11 Å². The highest BCUT2D eigenvalue weighted by Gasteiger charge is 2.32. The lowest BCUT2D eigenvalue weighted by Gasteiger charge is -2.34. The highest BCUT2D eigenvalue weighted by molar-refractivity contribution is 9.10. The molecule has 3 rings (SSSR count). The molecule has 0 radical (unpaired) electrons. The predicted octanol–water partition coefficient (Wildman–Crippen LogP) is 3.91. The van der Waals surface area contributed by atoms with Gasteiger partial charge >= 0.3 is 0 Å². The lowest BCUT2D eigenvalue weighted by Crippen LogP contribution is -2.38. The summed E-state index contributed by atoms with van der Waals surface area (Å²) in [5, 5.41) is 10.8. The summed E-state index contributed by atoms with van der Waals surface area (Å²) >= 11 is 3.51. The Balaban J connectivity index is 1.82. The molecule has 0 saturated carbocycles. The molecule has 0 bridgehead atoms. The fourth-order valence-corrected chi connectivity index (χ4v) is 3.35. The lowest BCUT2D eigenvalue weighted by atomic mass is 9.77. The predicted molar refractivity (Wildman–Crippen MR) is 81.3 cm³/mol. The molecule has 1 aliphatic carbocycles. The first-order valence-electron chi connectivity index (χ1n) is 6.68. The molecular weight excluding hydrogens is 300 g/mol. The maximum Gasteiger partial charge on any atom is 0.0731 e. The van der Waals surface area contributed by atoms with Gasteiger partial charge in [0, 0.05) is 17.3 Å². The van der Waals surface area contributed by atoms with Gasteiger partial charge < -0.3 is 5.11 Å². The molecule has 0 amide bonds. The molecule has 2 aromatic rings. The van der Waals surface area contributed by atoms with E-state index < -0.39 is 5.60 Å². The molecule has 1 unspecified atom stereocenters. The number of aryl methyl sites for hydroxylation is 1. The van der Waals surface area contributed by atoms with Crippen molar-refractivity contribution in [2.75, 3.05) is 0 Å². The summed E-state index contributed by atoms with van der Waals surface area (Å²) in [7, 11) is 0. The smallest absolute Gasteiger partial charge is 0.0731 e. The van der Waals surface area contributed by atoms with Crippen LogP contribution in [0.5, 0.6) is 0 Å². The summed E-state index contributed by atoms with van der Waals surface area (Å²) in [6.45, 7) is 0. The summed E-state index contributed by atoms with van der Waals surface area (Å²) in [4.78, 5) is 0. The number of rotatable bonds is 2. The Kier molecular flexibility index (Phi) is 3.46. The Hall–Kier alpha value is -1.12. The minimum Gasteiger partial charge on any atom is -0.389 e. The van der Waals surface area contributed by atoms with Crippen molar-refractivity contribution in [3.8, 4) is 0 Å². The van der Waals surface area contributed by atoms with E-state index in [4.69, 9.17) is 0 Å². The number of hydrogen-bond acceptors (Lipinski definition) is 1. The van der Waals surface area contributed by atoms with Crippen molar-refractivity contribution >= 4 is 15.9 Å². The highest BCUT2D eigenvalue weighted by Crippen LogP contribution is 2.32. The number of benzene rings is 2. The molecule has 0 fully saturated rings. The monoisotopic (exact) mass is 316 g/mol. The van der Waals surface area contributed by atoms with E-state index in [1.807, 2.05) is 18.2 Å². The third-order valence-electron chi connectivity index (χ3n) is 3.92. The van der Waals surface area contributed by atoms with Gasteiger partial charge in [-0.1, -0.05) is 52.3 Å². The lowest BCUT2D eigenvalue weighted by molar-refractivity contribution is 0.0267. The first kappa shape index (κ1) is 12.9. The molecule has 0 aromatic heterocycles. The molecule has 1 aliphatic rings. The maximum absolute atomic E-state index is 10.8. The number of fused-ring (bicyclic) bond motifs is 1. The Morgan fingerprint density at radius 3 is 2.63 bits per heavy atom. The van der Waals surface area contributed by atoms with Gasteiger partial charge in [0.25, 0.3) is 0 Å². The van der Waals surface area contributed by atoms with E-state index in [2.05, 4.69) is 46.3 Å². The van der Waals surface area contributed by atoms with Crippen LogP contribution < -0.4 is 0 Å². The SMILES string of the molecule is OC1(Cc2ccccc2)CCc2cc(Br)ccc2C1. The van der Waals surface area contributed by atoms with Crippen molar-refractivity contribution in [1.29, 1.82) is 0 Å². The van der Waals surface area contributed by atoms with Crippen LogP contribution in [0.4, 0.5) is 0 Å². The molecule has 1 nitrogen and oxygen atoms in total. The highest BCUT2D eigenvalue weighted by atomic mass is 79.9. The molecule has 2 heteroatoms. The third kappa shape index (κ3) is 2.90. The van der Waals surface area contributed by atoms with Gasteiger partial charge in [-0.2, -0.15) is 0 Å². The molecule has 98 valence electrons. The van der Waals surface area contributed by atoms with Gasteiger partial charge in [0.15, 0.2) is 0 Å². The largest absolute Gasteiger partial charge is 0.389 e. The van der Waals surface area contributed by atoms with Gasteiger partial charge in [-0.05, 0) is 41.7 Å². The standard InChI is InChI=1S/C17H17BrO/c18-16-7-6-15-12-17(19,9-8-14(15)10-16)11-13-4-2-1-3-5-13/h1-7,10,19H,8-9,11-12H2. The van der Waals surface area contributed by atoms with Gasteiger partial charge in [-0.25, -0.2) is 0 Å².